The van der Waals surface area contributed by atoms with Crippen molar-refractivity contribution in [3.63, 3.8) is 0 Å². The minimum absolute atomic E-state index is 0.688. The summed E-state index contributed by atoms with van der Waals surface area (Å²) < 4.78 is 0. The molecule has 80 valence electrons. The molecule has 0 heterocycles. The van der Waals surface area contributed by atoms with Gasteiger partial charge in [-0.25, -0.2) is 0 Å². The highest BCUT2D eigenvalue weighted by atomic mass is 14.8. The summed E-state index contributed by atoms with van der Waals surface area (Å²) in [5.41, 5.74) is 1.79. The van der Waals surface area contributed by atoms with E-state index in [0.717, 1.165) is 12.1 Å². The third-order valence-corrected chi connectivity index (χ3v) is 2.00. The Kier molecular flexibility index (Phi) is 5.48. The van der Waals surface area contributed by atoms with Crippen molar-refractivity contribution in [2.45, 2.75) is 6.92 Å². The van der Waals surface area contributed by atoms with Crippen LogP contribution < -0.4 is 5.32 Å². The standard InChI is InChI=1S/C14H14N2/c1-2-3-10-16-11-4-5-13-6-8-14(12-15)9-7-13/h4-9,16H,10-11H2,1H3/b5-4+. The molecule has 0 saturated carbocycles. The predicted octanol–water partition coefficient (Wildman–Crippen LogP) is 2.18. The number of benzene rings is 1. The summed E-state index contributed by atoms with van der Waals surface area (Å²) in [6, 6.07) is 9.59. The van der Waals surface area contributed by atoms with Gasteiger partial charge in [-0.05, 0) is 24.6 Å². The van der Waals surface area contributed by atoms with Gasteiger partial charge >= 0.3 is 0 Å². The average Bonchev–Trinajstić information content (AvgIpc) is 2.34. The lowest BCUT2D eigenvalue weighted by molar-refractivity contribution is 0.858. The quantitative estimate of drug-likeness (QED) is 0.610. The van der Waals surface area contributed by atoms with Crippen LogP contribution in [0.5, 0.6) is 0 Å². The first-order chi connectivity index (χ1) is 7.86. The molecule has 1 rings (SSSR count). The van der Waals surface area contributed by atoms with Crippen molar-refractivity contribution in [3.8, 4) is 17.9 Å². The maximum absolute atomic E-state index is 8.63. The van der Waals surface area contributed by atoms with Crippen molar-refractivity contribution in [2.24, 2.45) is 0 Å². The molecule has 0 spiro atoms. The molecule has 2 heteroatoms. The van der Waals surface area contributed by atoms with Crippen LogP contribution in [0.1, 0.15) is 18.1 Å². The van der Waals surface area contributed by atoms with E-state index in [2.05, 4.69) is 23.2 Å². The summed E-state index contributed by atoms with van der Waals surface area (Å²) in [5.74, 6) is 5.75. The number of nitrogens with zero attached hydrogens (tertiary/aromatic N) is 1. The van der Waals surface area contributed by atoms with E-state index in [1.54, 1.807) is 0 Å². The first-order valence-corrected chi connectivity index (χ1v) is 5.14. The highest BCUT2D eigenvalue weighted by molar-refractivity contribution is 5.51. The van der Waals surface area contributed by atoms with Gasteiger partial charge in [0.05, 0.1) is 18.2 Å². The molecule has 0 aliphatic carbocycles. The molecule has 0 unspecified atom stereocenters. The van der Waals surface area contributed by atoms with Crippen LogP contribution >= 0.6 is 0 Å². The Bertz CT molecular complexity index is 438. The van der Waals surface area contributed by atoms with E-state index in [1.807, 2.05) is 43.3 Å². The summed E-state index contributed by atoms with van der Waals surface area (Å²) in [5, 5.41) is 11.8. The minimum atomic E-state index is 0.688. The molecule has 0 bridgehead atoms. The smallest absolute Gasteiger partial charge is 0.0991 e. The Labute approximate surface area is 96.6 Å². The fraction of sp³-hybridized carbons (Fsp3) is 0.214. The van der Waals surface area contributed by atoms with Crippen molar-refractivity contribution in [3.05, 3.63) is 41.5 Å². The molecule has 0 fully saturated rings. The van der Waals surface area contributed by atoms with Crippen LogP contribution in [0.25, 0.3) is 6.08 Å². The molecule has 1 aromatic carbocycles. The lowest BCUT2D eigenvalue weighted by Gasteiger charge is -1.95. The van der Waals surface area contributed by atoms with Gasteiger partial charge in [0, 0.05) is 6.54 Å². The van der Waals surface area contributed by atoms with Gasteiger partial charge < -0.3 is 5.32 Å². The van der Waals surface area contributed by atoms with Gasteiger partial charge in [0.25, 0.3) is 0 Å². The summed E-state index contributed by atoms with van der Waals surface area (Å²) in [7, 11) is 0. The molecule has 1 aromatic rings. The van der Waals surface area contributed by atoms with Gasteiger partial charge in [0.1, 0.15) is 0 Å². The zero-order valence-electron chi connectivity index (χ0n) is 9.33. The van der Waals surface area contributed by atoms with Crippen molar-refractivity contribution in [1.82, 2.24) is 5.32 Å². The van der Waals surface area contributed by atoms with E-state index in [-0.39, 0.29) is 0 Å². The topological polar surface area (TPSA) is 35.8 Å². The zero-order chi connectivity index (χ0) is 11.6. The molecule has 2 nitrogen and oxygen atoms in total. The van der Waals surface area contributed by atoms with Crippen LogP contribution in [-0.4, -0.2) is 13.1 Å². The zero-order valence-corrected chi connectivity index (χ0v) is 9.33. The lowest BCUT2D eigenvalue weighted by atomic mass is 10.1. The Morgan fingerprint density at radius 1 is 1.31 bits per heavy atom. The van der Waals surface area contributed by atoms with E-state index in [1.165, 1.54) is 0 Å². The molecule has 1 N–H and O–H groups in total. The molecule has 0 aromatic heterocycles. The number of nitriles is 1. The third kappa shape index (κ3) is 4.46. The molecule has 0 radical (unpaired) electrons. The lowest BCUT2D eigenvalue weighted by Crippen LogP contribution is -2.12. The van der Waals surface area contributed by atoms with E-state index in [4.69, 9.17) is 5.26 Å². The maximum Gasteiger partial charge on any atom is 0.0991 e. The van der Waals surface area contributed by atoms with Crippen molar-refractivity contribution < 1.29 is 0 Å². The van der Waals surface area contributed by atoms with Gasteiger partial charge in [0.2, 0.25) is 0 Å². The van der Waals surface area contributed by atoms with Crippen LogP contribution in [0.15, 0.2) is 30.3 Å². The van der Waals surface area contributed by atoms with Crippen molar-refractivity contribution in [2.75, 3.05) is 13.1 Å². The van der Waals surface area contributed by atoms with E-state index in [9.17, 15) is 0 Å². The molecule has 0 saturated heterocycles. The monoisotopic (exact) mass is 210 g/mol. The first kappa shape index (κ1) is 12.0. The number of hydrogen-bond donors (Lipinski definition) is 1. The van der Waals surface area contributed by atoms with Crippen molar-refractivity contribution in [1.29, 1.82) is 5.26 Å². The normalized spacial score (nSPS) is 9.50. The summed E-state index contributed by atoms with van der Waals surface area (Å²) in [4.78, 5) is 0. The first-order valence-electron chi connectivity index (χ1n) is 5.14. The van der Waals surface area contributed by atoms with Gasteiger partial charge in [-0.3, -0.25) is 0 Å². The Hall–Kier alpha value is -2.03. The van der Waals surface area contributed by atoms with Crippen LogP contribution in [-0.2, 0) is 0 Å². The molecule has 0 amide bonds. The van der Waals surface area contributed by atoms with Gasteiger partial charge in [-0.15, -0.1) is 5.92 Å². The molecular formula is C14H14N2. The second-order valence-corrected chi connectivity index (χ2v) is 3.19. The van der Waals surface area contributed by atoms with E-state index in [0.29, 0.717) is 12.1 Å². The van der Waals surface area contributed by atoms with Gasteiger partial charge in [0.15, 0.2) is 0 Å². The van der Waals surface area contributed by atoms with Crippen LogP contribution in [0, 0.1) is 23.2 Å². The highest BCUT2D eigenvalue weighted by Gasteiger charge is 1.88. The second kappa shape index (κ2) is 7.29. The highest BCUT2D eigenvalue weighted by Crippen LogP contribution is 2.04. The van der Waals surface area contributed by atoms with E-state index >= 15 is 0 Å². The van der Waals surface area contributed by atoms with Gasteiger partial charge in [-0.2, -0.15) is 5.26 Å². The molecule has 0 aliphatic rings. The molecule has 0 atom stereocenters. The Balaban J connectivity index is 2.37. The van der Waals surface area contributed by atoms with Crippen LogP contribution in [0.2, 0.25) is 0 Å². The maximum atomic E-state index is 8.63. The largest absolute Gasteiger partial charge is 0.303 e. The summed E-state index contributed by atoms with van der Waals surface area (Å²) in [6.45, 7) is 3.34. The minimum Gasteiger partial charge on any atom is -0.303 e. The molecular weight excluding hydrogens is 196 g/mol. The fourth-order valence-electron chi connectivity index (χ4n) is 1.17. The molecule has 16 heavy (non-hydrogen) atoms. The number of nitrogens with one attached hydrogen (secondary N) is 1. The molecule has 0 aliphatic heterocycles. The van der Waals surface area contributed by atoms with Crippen molar-refractivity contribution >= 4 is 6.08 Å². The second-order valence-electron chi connectivity index (χ2n) is 3.19. The summed E-state index contributed by atoms with van der Waals surface area (Å²) in [6.07, 6.45) is 4.06. The van der Waals surface area contributed by atoms with E-state index < -0.39 is 0 Å². The van der Waals surface area contributed by atoms with Gasteiger partial charge in [-0.1, -0.05) is 30.2 Å². The fourth-order valence-corrected chi connectivity index (χ4v) is 1.17. The number of hydrogen-bond acceptors (Lipinski definition) is 2. The van der Waals surface area contributed by atoms with Crippen LogP contribution in [0.3, 0.4) is 0 Å². The summed E-state index contributed by atoms with van der Waals surface area (Å²) >= 11 is 0. The Morgan fingerprint density at radius 3 is 2.69 bits per heavy atom. The third-order valence-electron chi connectivity index (χ3n) is 2.00. The SMILES string of the molecule is CC#CCNC/C=C/c1ccc(C#N)cc1. The van der Waals surface area contributed by atoms with Crippen LogP contribution in [0.4, 0.5) is 0 Å². The Morgan fingerprint density at radius 2 is 2.06 bits per heavy atom. The number of rotatable bonds is 4. The predicted molar refractivity (Wildman–Crippen MR) is 66.5 cm³/mol. The average molecular weight is 210 g/mol.